The number of halogens is 6. The first-order chi connectivity index (χ1) is 15.8. The van der Waals surface area contributed by atoms with Gasteiger partial charge < -0.3 is 14.8 Å². The van der Waals surface area contributed by atoms with Crippen LogP contribution in [0.2, 0.25) is 0 Å². The van der Waals surface area contributed by atoms with Crippen molar-refractivity contribution in [2.45, 2.75) is 19.1 Å². The molecule has 0 fully saturated rings. The molecule has 13 heteroatoms. The average molecular weight is 506 g/mol. The highest BCUT2D eigenvalue weighted by molar-refractivity contribution is 7.83. The zero-order valence-corrected chi connectivity index (χ0v) is 18.5. The number of nitrogens with zero attached hydrogens (tertiary/aromatic N) is 1. The number of benzene rings is 2. The Bertz CT molecular complexity index is 1240. The molecular weight excluding hydrogens is 490 g/mol. The summed E-state index contributed by atoms with van der Waals surface area (Å²) < 4.78 is 108. The topological polar surface area (TPSA) is 77.0 Å². The van der Waals surface area contributed by atoms with Crippen molar-refractivity contribution < 1.29 is 44.8 Å². The van der Waals surface area contributed by atoms with E-state index >= 15 is 0 Å². The van der Waals surface area contributed by atoms with Crippen LogP contribution in [-0.2, 0) is 22.0 Å². The number of hydrogen-bond acceptors (Lipinski definition) is 5. The molecule has 0 amide bonds. The van der Waals surface area contributed by atoms with Crippen LogP contribution in [0.3, 0.4) is 0 Å². The van der Waals surface area contributed by atoms with Crippen LogP contribution in [0.4, 0.5) is 26.3 Å². The Morgan fingerprint density at radius 2 is 1.76 bits per heavy atom. The van der Waals surface area contributed by atoms with E-state index in [2.05, 4.69) is 9.71 Å². The first-order valence-electron chi connectivity index (χ1n) is 9.35. The maximum Gasteiger partial charge on any atom is 0.419 e. The number of nitrogens with one attached hydrogen (secondary N) is 1. The summed E-state index contributed by atoms with van der Waals surface area (Å²) in [6, 6.07) is 0.972. The Morgan fingerprint density at radius 1 is 1.09 bits per heavy atom. The molecule has 1 heterocycles. The molecule has 0 saturated carbocycles. The highest BCUT2D eigenvalue weighted by Crippen LogP contribution is 2.42. The molecule has 2 aromatic rings. The second kappa shape index (κ2) is 9.49. The van der Waals surface area contributed by atoms with Crippen LogP contribution in [0.15, 0.2) is 40.4 Å². The number of ether oxygens (including phenoxy) is 2. The molecule has 2 atom stereocenters. The van der Waals surface area contributed by atoms with E-state index in [0.717, 1.165) is 25.5 Å². The van der Waals surface area contributed by atoms with Gasteiger partial charge >= 0.3 is 6.18 Å². The Balaban J connectivity index is 2.27. The maximum absolute atomic E-state index is 14.5. The lowest BCUT2D eigenvalue weighted by Gasteiger charge is -2.27. The van der Waals surface area contributed by atoms with Gasteiger partial charge in [0.25, 0.3) is 0 Å². The van der Waals surface area contributed by atoms with E-state index in [1.807, 2.05) is 0 Å². The average Bonchev–Trinajstić information content (AvgIpc) is 2.72. The monoisotopic (exact) mass is 506 g/mol. The molecule has 1 aliphatic heterocycles. The van der Waals surface area contributed by atoms with Gasteiger partial charge in [0, 0.05) is 23.6 Å². The molecule has 3 rings (SSSR count). The van der Waals surface area contributed by atoms with Crippen molar-refractivity contribution in [3.05, 3.63) is 64.6 Å². The highest BCUT2D eigenvalue weighted by atomic mass is 32.2. The first kappa shape index (κ1) is 25.3. The standard InChI is InChI=1S/C21H16F6N2O4S/c1-9-6-14(30)19(29-34(3)31)18(28-9)10-7-13(23)11(21(25,26)27)8-16(10)33-15-5-4-12(22)17(24)20(15)32-2/h4-8,18,28H,1-3H3. The Hall–Kier alpha value is -3.35. The summed E-state index contributed by atoms with van der Waals surface area (Å²) in [7, 11) is -0.916. The van der Waals surface area contributed by atoms with Crippen molar-refractivity contribution in [3.8, 4) is 17.2 Å². The molecule has 0 aromatic heterocycles. The summed E-state index contributed by atoms with van der Waals surface area (Å²) >= 11 is 0. The van der Waals surface area contributed by atoms with Crippen LogP contribution in [0.1, 0.15) is 24.1 Å². The minimum Gasteiger partial charge on any atom is -0.490 e. The largest absolute Gasteiger partial charge is 0.490 e. The van der Waals surface area contributed by atoms with E-state index in [-0.39, 0.29) is 17.0 Å². The van der Waals surface area contributed by atoms with E-state index in [4.69, 9.17) is 9.47 Å². The first-order valence-corrected chi connectivity index (χ1v) is 10.9. The molecule has 2 unspecified atom stereocenters. The van der Waals surface area contributed by atoms with Gasteiger partial charge in [-0.15, -0.1) is 0 Å². The number of carbonyl (C=O) groups excluding carboxylic acids is 1. The van der Waals surface area contributed by atoms with Gasteiger partial charge in [-0.3, -0.25) is 4.79 Å². The SMILES string of the molecule is COc1c(Oc2cc(C(F)(F)F)c(F)cc2C2NC(C)=CC(=O)C2=NS(C)=O)ccc(F)c1F. The summed E-state index contributed by atoms with van der Waals surface area (Å²) in [6.45, 7) is 1.46. The highest BCUT2D eigenvalue weighted by Gasteiger charge is 2.38. The van der Waals surface area contributed by atoms with Crippen LogP contribution in [0.5, 0.6) is 17.2 Å². The van der Waals surface area contributed by atoms with Gasteiger partial charge in [-0.05, 0) is 31.2 Å². The van der Waals surface area contributed by atoms with Crippen LogP contribution < -0.4 is 14.8 Å². The normalized spacial score (nSPS) is 18.4. The number of alkyl halides is 3. The van der Waals surface area contributed by atoms with Crippen molar-refractivity contribution in [1.29, 1.82) is 0 Å². The third kappa shape index (κ3) is 5.08. The summed E-state index contributed by atoms with van der Waals surface area (Å²) in [6.07, 6.45) is -2.87. The fourth-order valence-electron chi connectivity index (χ4n) is 3.22. The number of allylic oxidation sites excluding steroid dienone is 2. The summed E-state index contributed by atoms with van der Waals surface area (Å²) in [4.78, 5) is 12.5. The van der Waals surface area contributed by atoms with Gasteiger partial charge in [-0.1, -0.05) is 0 Å². The summed E-state index contributed by atoms with van der Waals surface area (Å²) in [5.41, 5.74) is -2.18. The lowest BCUT2D eigenvalue weighted by molar-refractivity contribution is -0.140. The zero-order chi connectivity index (χ0) is 25.4. The van der Waals surface area contributed by atoms with Crippen molar-refractivity contribution in [1.82, 2.24) is 5.32 Å². The molecular formula is C21H16F6N2O4S. The number of carbonyl (C=O) groups is 1. The third-order valence-electron chi connectivity index (χ3n) is 4.63. The minimum absolute atomic E-state index is 0.257. The molecule has 34 heavy (non-hydrogen) atoms. The number of rotatable bonds is 5. The molecule has 182 valence electrons. The van der Waals surface area contributed by atoms with Gasteiger partial charge in [0.2, 0.25) is 17.3 Å². The molecule has 0 bridgehead atoms. The van der Waals surface area contributed by atoms with Gasteiger partial charge in [0.15, 0.2) is 11.6 Å². The van der Waals surface area contributed by atoms with E-state index in [1.54, 1.807) is 0 Å². The van der Waals surface area contributed by atoms with E-state index in [9.17, 15) is 35.3 Å². The minimum atomic E-state index is -5.13. The van der Waals surface area contributed by atoms with Gasteiger partial charge in [0.1, 0.15) is 34.3 Å². The fourth-order valence-corrected chi connectivity index (χ4v) is 3.69. The number of ketones is 1. The van der Waals surface area contributed by atoms with E-state index < -0.39 is 69.3 Å². The molecule has 0 saturated heterocycles. The van der Waals surface area contributed by atoms with Gasteiger partial charge in [-0.2, -0.15) is 22.0 Å². The maximum atomic E-state index is 14.5. The smallest absolute Gasteiger partial charge is 0.419 e. The Morgan fingerprint density at radius 3 is 2.35 bits per heavy atom. The molecule has 0 aliphatic carbocycles. The van der Waals surface area contributed by atoms with Crippen molar-refractivity contribution in [2.24, 2.45) is 4.40 Å². The van der Waals surface area contributed by atoms with Crippen LogP contribution >= 0.6 is 0 Å². The molecule has 0 spiro atoms. The summed E-state index contributed by atoms with van der Waals surface area (Å²) in [5.74, 6) is -7.11. The second-order valence-corrected chi connectivity index (χ2v) is 8.06. The third-order valence-corrected chi connectivity index (χ3v) is 5.08. The molecule has 6 nitrogen and oxygen atoms in total. The molecule has 2 aromatic carbocycles. The Kier molecular flexibility index (Phi) is 7.05. The predicted octanol–water partition coefficient (Wildman–Crippen LogP) is 4.78. The second-order valence-electron chi connectivity index (χ2n) is 7.03. The fraction of sp³-hybridized carbons (Fsp3) is 0.238. The van der Waals surface area contributed by atoms with E-state index in [0.29, 0.717) is 18.2 Å². The van der Waals surface area contributed by atoms with Gasteiger partial charge in [0.05, 0.1) is 12.7 Å². The number of methoxy groups -OCH3 is 1. The molecule has 1 aliphatic rings. The zero-order valence-electron chi connectivity index (χ0n) is 17.7. The lowest BCUT2D eigenvalue weighted by atomic mass is 9.93. The van der Waals surface area contributed by atoms with Crippen LogP contribution in [0, 0.1) is 17.5 Å². The lowest BCUT2D eigenvalue weighted by Crippen LogP contribution is -2.37. The van der Waals surface area contributed by atoms with E-state index in [1.165, 1.54) is 6.92 Å². The van der Waals surface area contributed by atoms with Crippen LogP contribution in [-0.4, -0.2) is 29.1 Å². The van der Waals surface area contributed by atoms with Crippen molar-refractivity contribution in [2.75, 3.05) is 13.4 Å². The summed E-state index contributed by atoms with van der Waals surface area (Å²) in [5, 5.41) is 2.76. The molecule has 1 N–H and O–H groups in total. The van der Waals surface area contributed by atoms with Gasteiger partial charge in [-0.25, -0.2) is 13.0 Å². The quantitative estimate of drug-likeness (QED) is 0.591. The number of hydrogen-bond donors (Lipinski definition) is 1. The van der Waals surface area contributed by atoms with Crippen LogP contribution in [0.25, 0.3) is 0 Å². The molecule has 0 radical (unpaired) electrons. The Labute approximate surface area is 191 Å². The predicted molar refractivity (Wildman–Crippen MR) is 111 cm³/mol. The van der Waals surface area contributed by atoms with Crippen molar-refractivity contribution in [3.63, 3.8) is 0 Å². The van der Waals surface area contributed by atoms with Crippen molar-refractivity contribution >= 4 is 22.5 Å².